The third kappa shape index (κ3) is 3.66. The van der Waals surface area contributed by atoms with Crippen molar-refractivity contribution in [3.8, 4) is 5.75 Å². The maximum atomic E-state index is 9.82. The number of aromatic nitrogens is 3. The van der Waals surface area contributed by atoms with Crippen LogP contribution >= 0.6 is 12.2 Å². The number of aromatic hydroxyl groups is 1. The van der Waals surface area contributed by atoms with Crippen molar-refractivity contribution >= 4 is 45.8 Å². The molecule has 0 aliphatic rings. The minimum atomic E-state index is 0.138. The maximum absolute atomic E-state index is 9.82. The molecule has 3 aromatic rings. The molecule has 0 amide bonds. The fraction of sp³-hybridized carbons (Fsp3) is 0.125. The second-order valence-electron chi connectivity index (χ2n) is 4.92. The zero-order chi connectivity index (χ0) is 16.9. The Balaban J connectivity index is 1.86. The SMILES string of the molecule is CCNC(=S)Nc1ccc2ncc(Nc3ccccc3O)nc2n1. The molecule has 1 aromatic carbocycles. The number of fused-ring (bicyclic) bond motifs is 1. The first kappa shape index (κ1) is 15.9. The summed E-state index contributed by atoms with van der Waals surface area (Å²) in [5.74, 6) is 1.21. The van der Waals surface area contributed by atoms with Gasteiger partial charge in [0.25, 0.3) is 0 Å². The van der Waals surface area contributed by atoms with Crippen LogP contribution in [-0.2, 0) is 0 Å². The number of phenolic OH excluding ortho intramolecular Hbond substituents is 1. The van der Waals surface area contributed by atoms with Gasteiger partial charge in [-0.05, 0) is 43.4 Å². The Morgan fingerprint density at radius 2 is 1.92 bits per heavy atom. The topological polar surface area (TPSA) is 95.0 Å². The summed E-state index contributed by atoms with van der Waals surface area (Å²) in [6, 6.07) is 10.5. The Bertz CT molecular complexity index is 885. The van der Waals surface area contributed by atoms with Crippen molar-refractivity contribution in [1.29, 1.82) is 0 Å². The molecule has 0 spiro atoms. The molecule has 0 aliphatic carbocycles. The van der Waals surface area contributed by atoms with Crippen LogP contribution in [0.4, 0.5) is 17.3 Å². The highest BCUT2D eigenvalue weighted by molar-refractivity contribution is 7.80. The van der Waals surface area contributed by atoms with Crippen LogP contribution in [0.15, 0.2) is 42.6 Å². The van der Waals surface area contributed by atoms with Gasteiger partial charge in [-0.2, -0.15) is 0 Å². The molecular weight excluding hydrogens is 324 g/mol. The first-order chi connectivity index (χ1) is 11.7. The Labute approximate surface area is 144 Å². The number of benzene rings is 1. The molecule has 0 fully saturated rings. The predicted molar refractivity (Wildman–Crippen MR) is 98.6 cm³/mol. The van der Waals surface area contributed by atoms with Gasteiger partial charge in [-0.15, -0.1) is 0 Å². The van der Waals surface area contributed by atoms with Crippen LogP contribution in [0.3, 0.4) is 0 Å². The molecule has 8 heteroatoms. The largest absolute Gasteiger partial charge is 0.506 e. The van der Waals surface area contributed by atoms with E-state index in [0.29, 0.717) is 33.6 Å². The normalized spacial score (nSPS) is 10.4. The number of phenols is 1. The van der Waals surface area contributed by atoms with Gasteiger partial charge in [-0.3, -0.25) is 0 Å². The lowest BCUT2D eigenvalue weighted by Crippen LogP contribution is -2.28. The van der Waals surface area contributed by atoms with Gasteiger partial charge in [0.2, 0.25) is 0 Å². The van der Waals surface area contributed by atoms with Gasteiger partial charge in [0.1, 0.15) is 17.1 Å². The smallest absolute Gasteiger partial charge is 0.182 e. The molecule has 122 valence electrons. The van der Waals surface area contributed by atoms with Crippen molar-refractivity contribution in [3.05, 3.63) is 42.6 Å². The van der Waals surface area contributed by atoms with Crippen LogP contribution in [0.5, 0.6) is 5.75 Å². The van der Waals surface area contributed by atoms with Gasteiger partial charge in [0.15, 0.2) is 16.6 Å². The molecule has 0 saturated heterocycles. The van der Waals surface area contributed by atoms with Crippen molar-refractivity contribution in [2.24, 2.45) is 0 Å². The maximum Gasteiger partial charge on any atom is 0.182 e. The van der Waals surface area contributed by atoms with Crippen LogP contribution in [0.2, 0.25) is 0 Å². The third-order valence-electron chi connectivity index (χ3n) is 3.15. The zero-order valence-corrected chi connectivity index (χ0v) is 13.8. The third-order valence-corrected chi connectivity index (χ3v) is 3.40. The minimum Gasteiger partial charge on any atom is -0.506 e. The molecular formula is C16H16N6OS. The van der Waals surface area contributed by atoms with E-state index in [-0.39, 0.29) is 5.75 Å². The molecule has 2 heterocycles. The molecule has 7 nitrogen and oxygen atoms in total. The predicted octanol–water partition coefficient (Wildman–Crippen LogP) is 2.78. The highest BCUT2D eigenvalue weighted by Crippen LogP contribution is 2.25. The average molecular weight is 340 g/mol. The standard InChI is InChI=1S/C16H16N6OS/c1-2-17-16(24)22-13-8-7-11-15(20-13)21-14(9-18-11)19-10-5-3-4-6-12(10)23/h3-9,23H,2H2,1H3,(H3,17,19,20,21,22,24). The number of rotatable bonds is 4. The number of hydrogen-bond donors (Lipinski definition) is 4. The number of para-hydroxylation sites is 2. The number of pyridine rings is 1. The molecule has 24 heavy (non-hydrogen) atoms. The van der Waals surface area contributed by atoms with Gasteiger partial charge >= 0.3 is 0 Å². The van der Waals surface area contributed by atoms with Crippen LogP contribution in [0.1, 0.15) is 6.92 Å². The van der Waals surface area contributed by atoms with Gasteiger partial charge in [-0.1, -0.05) is 12.1 Å². The summed E-state index contributed by atoms with van der Waals surface area (Å²) < 4.78 is 0. The van der Waals surface area contributed by atoms with Crippen LogP contribution in [-0.4, -0.2) is 31.7 Å². The summed E-state index contributed by atoms with van der Waals surface area (Å²) in [6.07, 6.45) is 1.59. The second kappa shape index (κ2) is 7.05. The Kier molecular flexibility index (Phi) is 4.66. The summed E-state index contributed by atoms with van der Waals surface area (Å²) in [4.78, 5) is 13.2. The van der Waals surface area contributed by atoms with Crippen molar-refractivity contribution in [3.63, 3.8) is 0 Å². The van der Waals surface area contributed by atoms with E-state index in [1.807, 2.05) is 19.1 Å². The number of anilines is 3. The average Bonchev–Trinajstić information content (AvgIpc) is 2.57. The Morgan fingerprint density at radius 3 is 2.71 bits per heavy atom. The summed E-state index contributed by atoms with van der Waals surface area (Å²) in [6.45, 7) is 2.69. The van der Waals surface area contributed by atoms with Crippen LogP contribution in [0, 0.1) is 0 Å². The summed E-state index contributed by atoms with van der Waals surface area (Å²) >= 11 is 5.15. The Hall–Kier alpha value is -3.00. The lowest BCUT2D eigenvalue weighted by Gasteiger charge is -2.09. The van der Waals surface area contributed by atoms with E-state index in [0.717, 1.165) is 6.54 Å². The highest BCUT2D eigenvalue weighted by Gasteiger charge is 2.06. The molecule has 3 rings (SSSR count). The van der Waals surface area contributed by atoms with Crippen molar-refractivity contribution < 1.29 is 5.11 Å². The van der Waals surface area contributed by atoms with E-state index >= 15 is 0 Å². The van der Waals surface area contributed by atoms with E-state index < -0.39 is 0 Å². The monoisotopic (exact) mass is 340 g/mol. The van der Waals surface area contributed by atoms with E-state index in [9.17, 15) is 5.11 Å². The van der Waals surface area contributed by atoms with E-state index in [1.54, 1.807) is 30.5 Å². The van der Waals surface area contributed by atoms with E-state index in [2.05, 4.69) is 30.9 Å². The number of nitrogens with one attached hydrogen (secondary N) is 3. The summed E-state index contributed by atoms with van der Waals surface area (Å²) in [7, 11) is 0. The summed E-state index contributed by atoms with van der Waals surface area (Å²) in [5.41, 5.74) is 1.69. The number of hydrogen-bond acceptors (Lipinski definition) is 6. The molecule has 0 aliphatic heterocycles. The zero-order valence-electron chi connectivity index (χ0n) is 12.9. The van der Waals surface area contributed by atoms with Gasteiger partial charge in [0, 0.05) is 6.54 Å². The first-order valence-electron chi connectivity index (χ1n) is 7.39. The Morgan fingerprint density at radius 1 is 1.12 bits per heavy atom. The highest BCUT2D eigenvalue weighted by atomic mass is 32.1. The van der Waals surface area contributed by atoms with Gasteiger partial charge in [-0.25, -0.2) is 15.0 Å². The van der Waals surface area contributed by atoms with Crippen molar-refractivity contribution in [2.75, 3.05) is 17.2 Å². The van der Waals surface area contributed by atoms with Crippen LogP contribution < -0.4 is 16.0 Å². The van der Waals surface area contributed by atoms with Crippen LogP contribution in [0.25, 0.3) is 11.2 Å². The van der Waals surface area contributed by atoms with Gasteiger partial charge in [0.05, 0.1) is 11.9 Å². The molecule has 0 atom stereocenters. The lowest BCUT2D eigenvalue weighted by atomic mass is 10.3. The fourth-order valence-electron chi connectivity index (χ4n) is 2.07. The molecule has 0 bridgehead atoms. The fourth-order valence-corrected chi connectivity index (χ4v) is 2.31. The van der Waals surface area contributed by atoms with E-state index in [4.69, 9.17) is 12.2 Å². The molecule has 0 radical (unpaired) electrons. The lowest BCUT2D eigenvalue weighted by molar-refractivity contribution is 0.477. The van der Waals surface area contributed by atoms with Crippen molar-refractivity contribution in [1.82, 2.24) is 20.3 Å². The number of thiocarbonyl (C=S) groups is 1. The molecule has 2 aromatic heterocycles. The summed E-state index contributed by atoms with van der Waals surface area (Å²) in [5, 5.41) is 19.3. The molecule has 0 unspecified atom stereocenters. The minimum absolute atomic E-state index is 0.138. The molecule has 4 N–H and O–H groups in total. The van der Waals surface area contributed by atoms with Gasteiger partial charge < -0.3 is 21.1 Å². The molecule has 0 saturated carbocycles. The quantitative estimate of drug-likeness (QED) is 0.425. The van der Waals surface area contributed by atoms with Crippen molar-refractivity contribution in [2.45, 2.75) is 6.92 Å². The second-order valence-corrected chi connectivity index (χ2v) is 5.33. The van der Waals surface area contributed by atoms with E-state index in [1.165, 1.54) is 0 Å². The first-order valence-corrected chi connectivity index (χ1v) is 7.80. The number of nitrogens with zero attached hydrogens (tertiary/aromatic N) is 3.